The minimum atomic E-state index is -4.37. The average molecular weight is 449 g/mol. The molecule has 3 rings (SSSR count). The van der Waals surface area contributed by atoms with Gasteiger partial charge in [0.15, 0.2) is 0 Å². The lowest BCUT2D eigenvalue weighted by Crippen LogP contribution is -2.44. The van der Waals surface area contributed by atoms with Crippen LogP contribution in [0.3, 0.4) is 0 Å². The largest absolute Gasteiger partial charge is 0.416 e. The monoisotopic (exact) mass is 448 g/mol. The number of carbonyl (C=O) groups excluding carboxylic acids is 1. The lowest BCUT2D eigenvalue weighted by molar-refractivity contribution is -0.137. The van der Waals surface area contributed by atoms with E-state index in [0.29, 0.717) is 38.0 Å². The lowest BCUT2D eigenvalue weighted by atomic mass is 10.0. The van der Waals surface area contributed by atoms with E-state index in [1.54, 1.807) is 6.07 Å². The highest BCUT2D eigenvalue weighted by molar-refractivity contribution is 6.36. The third-order valence-electron chi connectivity index (χ3n) is 4.84. The second-order valence-electron chi connectivity index (χ2n) is 6.97. The summed E-state index contributed by atoms with van der Waals surface area (Å²) in [5, 5.41) is 2.74. The summed E-state index contributed by atoms with van der Waals surface area (Å²) in [6, 6.07) is 7.34. The Labute approximate surface area is 175 Å². The van der Waals surface area contributed by atoms with Crippen molar-refractivity contribution in [1.82, 2.24) is 10.2 Å². The fourth-order valence-electron chi connectivity index (χ4n) is 3.30. The maximum Gasteiger partial charge on any atom is 0.416 e. The van der Waals surface area contributed by atoms with Crippen LogP contribution in [-0.2, 0) is 12.7 Å². The molecule has 0 bridgehead atoms. The van der Waals surface area contributed by atoms with E-state index in [-0.39, 0.29) is 21.7 Å². The Morgan fingerprint density at radius 1 is 1.10 bits per heavy atom. The van der Waals surface area contributed by atoms with Crippen molar-refractivity contribution < 1.29 is 22.4 Å². The number of halogens is 6. The number of nitrogens with zero attached hydrogens (tertiary/aromatic N) is 1. The molecule has 2 aromatic rings. The molecule has 1 fully saturated rings. The summed E-state index contributed by atoms with van der Waals surface area (Å²) in [7, 11) is 0. The van der Waals surface area contributed by atoms with Crippen LogP contribution >= 0.6 is 23.2 Å². The summed E-state index contributed by atoms with van der Waals surface area (Å²) in [6.45, 7) is 1.63. The van der Waals surface area contributed by atoms with E-state index in [4.69, 9.17) is 23.2 Å². The Hall–Kier alpha value is -1.83. The molecule has 29 heavy (non-hydrogen) atoms. The lowest BCUT2D eigenvalue weighted by Gasteiger charge is -2.32. The Bertz CT molecular complexity index is 897. The summed E-state index contributed by atoms with van der Waals surface area (Å²) >= 11 is 11.6. The van der Waals surface area contributed by atoms with Gasteiger partial charge in [-0.1, -0.05) is 41.4 Å². The van der Waals surface area contributed by atoms with Gasteiger partial charge in [-0.05, 0) is 36.6 Å². The van der Waals surface area contributed by atoms with E-state index in [0.717, 1.165) is 18.2 Å². The topological polar surface area (TPSA) is 32.3 Å². The fourth-order valence-corrected chi connectivity index (χ4v) is 3.77. The van der Waals surface area contributed by atoms with E-state index in [2.05, 4.69) is 5.32 Å². The molecule has 1 aliphatic heterocycles. The number of nitrogens with one attached hydrogen (secondary N) is 1. The maximum absolute atomic E-state index is 13.6. The molecule has 0 aromatic heterocycles. The van der Waals surface area contributed by atoms with Crippen LogP contribution in [-0.4, -0.2) is 29.9 Å². The Morgan fingerprint density at radius 3 is 2.45 bits per heavy atom. The third-order valence-corrected chi connectivity index (χ3v) is 5.44. The fraction of sp³-hybridized carbons (Fsp3) is 0.350. The highest BCUT2D eigenvalue weighted by Crippen LogP contribution is 2.30. The number of alkyl halides is 3. The number of carbonyl (C=O) groups is 1. The molecule has 0 radical (unpaired) electrons. The first-order chi connectivity index (χ1) is 13.6. The highest BCUT2D eigenvalue weighted by Gasteiger charge is 2.30. The molecule has 0 aliphatic carbocycles. The van der Waals surface area contributed by atoms with Gasteiger partial charge in [0, 0.05) is 25.7 Å². The number of benzene rings is 2. The van der Waals surface area contributed by atoms with Crippen LogP contribution in [0, 0.1) is 5.82 Å². The van der Waals surface area contributed by atoms with Crippen LogP contribution in [0.5, 0.6) is 0 Å². The molecule has 2 aromatic carbocycles. The Morgan fingerprint density at radius 2 is 1.79 bits per heavy atom. The summed E-state index contributed by atoms with van der Waals surface area (Å²) in [5.41, 5.74) is -0.0603. The third kappa shape index (κ3) is 5.62. The van der Waals surface area contributed by atoms with E-state index in [9.17, 15) is 22.4 Å². The molecule has 1 aliphatic rings. The maximum atomic E-state index is 13.6. The predicted molar refractivity (Wildman–Crippen MR) is 104 cm³/mol. The van der Waals surface area contributed by atoms with Gasteiger partial charge >= 0.3 is 6.18 Å². The minimum absolute atomic E-state index is 0.0139. The Kier molecular flexibility index (Phi) is 6.71. The normalized spacial score (nSPS) is 16.1. The number of amides is 1. The second kappa shape index (κ2) is 8.90. The van der Waals surface area contributed by atoms with Gasteiger partial charge in [0.05, 0.1) is 21.2 Å². The number of hydrogen-bond acceptors (Lipinski definition) is 2. The van der Waals surface area contributed by atoms with Gasteiger partial charge in [0.2, 0.25) is 0 Å². The van der Waals surface area contributed by atoms with E-state index < -0.39 is 23.5 Å². The molecule has 3 nitrogen and oxygen atoms in total. The summed E-state index contributed by atoms with van der Waals surface area (Å²) in [5.74, 6) is -1.21. The summed E-state index contributed by atoms with van der Waals surface area (Å²) in [4.78, 5) is 14.4. The smallest absolute Gasteiger partial charge is 0.349 e. The molecular weight excluding hydrogens is 431 g/mol. The summed E-state index contributed by atoms with van der Waals surface area (Å²) < 4.78 is 52.1. The molecule has 1 saturated heterocycles. The highest BCUT2D eigenvalue weighted by atomic mass is 35.5. The number of piperidine rings is 1. The van der Waals surface area contributed by atoms with E-state index >= 15 is 0 Å². The van der Waals surface area contributed by atoms with Gasteiger partial charge in [0.25, 0.3) is 5.91 Å². The molecule has 0 unspecified atom stereocenters. The zero-order chi connectivity index (χ0) is 21.2. The first kappa shape index (κ1) is 21.9. The zero-order valence-corrected chi connectivity index (χ0v) is 16.7. The standard InChI is InChI=1S/C20H18Cl2F4N2O/c21-16-10-17(22)18(23)9-15(16)19(29)27-14-4-6-28(7-5-14)11-12-2-1-3-13(8-12)20(24,25)26/h1-3,8-10,14H,4-7,11H2,(H,27,29). The van der Waals surface area contributed by atoms with Crippen LogP contribution in [0.2, 0.25) is 10.0 Å². The van der Waals surface area contributed by atoms with Gasteiger partial charge in [0.1, 0.15) is 5.82 Å². The SMILES string of the molecule is O=C(NC1CCN(Cc2cccc(C(F)(F)F)c2)CC1)c1cc(F)c(Cl)cc1Cl. The van der Waals surface area contributed by atoms with Crippen molar-refractivity contribution in [3.63, 3.8) is 0 Å². The van der Waals surface area contributed by atoms with Crippen LogP contribution in [0.25, 0.3) is 0 Å². The van der Waals surface area contributed by atoms with Crippen LogP contribution in [0.4, 0.5) is 17.6 Å². The molecular formula is C20H18Cl2F4N2O. The first-order valence-corrected chi connectivity index (χ1v) is 9.73. The molecule has 156 valence electrons. The predicted octanol–water partition coefficient (Wildman–Crippen LogP) is 5.55. The van der Waals surface area contributed by atoms with Gasteiger partial charge in [-0.3, -0.25) is 9.69 Å². The van der Waals surface area contributed by atoms with Crippen LogP contribution in [0.15, 0.2) is 36.4 Å². The van der Waals surface area contributed by atoms with Crippen LogP contribution in [0.1, 0.15) is 34.3 Å². The van der Waals surface area contributed by atoms with Crippen molar-refractivity contribution in [1.29, 1.82) is 0 Å². The van der Waals surface area contributed by atoms with Gasteiger partial charge in [-0.2, -0.15) is 13.2 Å². The van der Waals surface area contributed by atoms with Gasteiger partial charge in [-0.15, -0.1) is 0 Å². The van der Waals surface area contributed by atoms with E-state index in [1.165, 1.54) is 12.1 Å². The van der Waals surface area contributed by atoms with Crippen molar-refractivity contribution in [2.24, 2.45) is 0 Å². The molecule has 9 heteroatoms. The number of rotatable bonds is 4. The van der Waals surface area contributed by atoms with Gasteiger partial charge in [-0.25, -0.2) is 4.39 Å². The molecule has 0 spiro atoms. The van der Waals surface area contributed by atoms with Crippen molar-refractivity contribution >= 4 is 29.1 Å². The number of hydrogen-bond donors (Lipinski definition) is 1. The molecule has 0 saturated carbocycles. The molecule has 1 heterocycles. The minimum Gasteiger partial charge on any atom is -0.349 e. The van der Waals surface area contributed by atoms with Crippen LogP contribution < -0.4 is 5.32 Å². The first-order valence-electron chi connectivity index (χ1n) is 8.97. The van der Waals surface area contributed by atoms with E-state index in [1.807, 2.05) is 4.90 Å². The van der Waals surface area contributed by atoms with Crippen molar-refractivity contribution in [2.75, 3.05) is 13.1 Å². The van der Waals surface area contributed by atoms with Crippen molar-refractivity contribution in [3.8, 4) is 0 Å². The zero-order valence-electron chi connectivity index (χ0n) is 15.2. The average Bonchev–Trinajstić information content (AvgIpc) is 2.66. The van der Waals surface area contributed by atoms with Gasteiger partial charge < -0.3 is 5.32 Å². The summed E-state index contributed by atoms with van der Waals surface area (Å²) in [6.07, 6.45) is -3.12. The quantitative estimate of drug-likeness (QED) is 0.491. The molecule has 1 amide bonds. The molecule has 0 atom stereocenters. The second-order valence-corrected chi connectivity index (χ2v) is 7.78. The van der Waals surface area contributed by atoms with Crippen molar-refractivity contribution in [2.45, 2.75) is 31.6 Å². The molecule has 1 N–H and O–H groups in total. The van der Waals surface area contributed by atoms with Crippen molar-refractivity contribution in [3.05, 3.63) is 69.0 Å². The Balaban J connectivity index is 1.55. The number of likely N-dealkylation sites (tertiary alicyclic amines) is 1.